The molecular weight excluding hydrogens is 319 g/mol. The number of benzene rings is 1. The molecule has 2 fully saturated rings. The van der Waals surface area contributed by atoms with Gasteiger partial charge in [0.25, 0.3) is 0 Å². The fraction of sp³-hybridized carbons (Fsp3) is 0.600. The van der Waals surface area contributed by atoms with Crippen LogP contribution in [0.2, 0.25) is 0 Å². The van der Waals surface area contributed by atoms with E-state index in [9.17, 15) is 14.0 Å². The van der Waals surface area contributed by atoms with Gasteiger partial charge >= 0.3 is 0 Å². The number of carbonyl (C=O) groups excluding carboxylic acids is 2. The van der Waals surface area contributed by atoms with Crippen molar-refractivity contribution in [3.8, 4) is 0 Å². The van der Waals surface area contributed by atoms with Crippen molar-refractivity contribution in [3.63, 3.8) is 0 Å². The summed E-state index contributed by atoms with van der Waals surface area (Å²) in [6.45, 7) is 1.79. The number of likely N-dealkylation sites (tertiary alicyclic amines) is 1. The maximum absolute atomic E-state index is 12.9. The first-order valence-electron chi connectivity index (χ1n) is 9.44. The normalized spacial score (nSPS) is 19.6. The number of hydrogen-bond donors (Lipinski definition) is 1. The number of hydrogen-bond acceptors (Lipinski definition) is 2. The average molecular weight is 346 g/mol. The molecule has 1 aromatic carbocycles. The molecule has 136 valence electrons. The van der Waals surface area contributed by atoms with Gasteiger partial charge in [-0.1, -0.05) is 31.4 Å². The second kappa shape index (κ2) is 8.45. The molecule has 1 aromatic rings. The third-order valence-corrected chi connectivity index (χ3v) is 5.51. The highest BCUT2D eigenvalue weighted by Gasteiger charge is 2.31. The van der Waals surface area contributed by atoms with Crippen molar-refractivity contribution in [2.75, 3.05) is 13.1 Å². The van der Waals surface area contributed by atoms with E-state index in [-0.39, 0.29) is 23.6 Å². The predicted molar refractivity (Wildman–Crippen MR) is 94.1 cm³/mol. The summed E-state index contributed by atoms with van der Waals surface area (Å²) in [4.78, 5) is 26.8. The van der Waals surface area contributed by atoms with Crippen LogP contribution in [0.5, 0.6) is 0 Å². The lowest BCUT2D eigenvalue weighted by Crippen LogP contribution is -2.45. The molecule has 1 aliphatic heterocycles. The van der Waals surface area contributed by atoms with Gasteiger partial charge in [0, 0.05) is 31.5 Å². The summed E-state index contributed by atoms with van der Waals surface area (Å²) < 4.78 is 12.9. The van der Waals surface area contributed by atoms with Crippen LogP contribution in [0, 0.1) is 17.7 Å². The number of piperidine rings is 1. The van der Waals surface area contributed by atoms with Crippen molar-refractivity contribution in [1.82, 2.24) is 10.2 Å². The van der Waals surface area contributed by atoms with Crippen LogP contribution < -0.4 is 5.32 Å². The Kier molecular flexibility index (Phi) is 6.05. The first kappa shape index (κ1) is 17.9. The molecule has 25 heavy (non-hydrogen) atoms. The lowest BCUT2D eigenvalue weighted by atomic mass is 9.87. The molecule has 0 spiro atoms. The molecule has 1 N–H and O–H groups in total. The summed E-state index contributed by atoms with van der Waals surface area (Å²) in [5.74, 6) is 0.234. The molecule has 0 atom stereocenters. The van der Waals surface area contributed by atoms with E-state index < -0.39 is 0 Å². The minimum atomic E-state index is -0.273. The lowest BCUT2D eigenvalue weighted by molar-refractivity contribution is -0.140. The number of carbonyl (C=O) groups is 2. The van der Waals surface area contributed by atoms with Gasteiger partial charge in [-0.25, -0.2) is 4.39 Å². The van der Waals surface area contributed by atoms with E-state index in [0.29, 0.717) is 25.5 Å². The molecule has 5 heteroatoms. The highest BCUT2D eigenvalue weighted by molar-refractivity contribution is 5.81. The first-order valence-corrected chi connectivity index (χ1v) is 9.44. The topological polar surface area (TPSA) is 49.4 Å². The van der Waals surface area contributed by atoms with Crippen LogP contribution in [0.25, 0.3) is 0 Å². The maximum atomic E-state index is 12.9. The molecule has 0 radical (unpaired) electrons. The van der Waals surface area contributed by atoms with Crippen molar-refractivity contribution in [2.24, 2.45) is 11.8 Å². The molecule has 4 nitrogen and oxygen atoms in total. The Bertz CT molecular complexity index is 588. The monoisotopic (exact) mass is 346 g/mol. The Labute approximate surface area is 148 Å². The number of nitrogens with one attached hydrogen (secondary N) is 1. The summed E-state index contributed by atoms with van der Waals surface area (Å²) in [5, 5.41) is 2.93. The van der Waals surface area contributed by atoms with Crippen LogP contribution in [-0.2, 0) is 16.1 Å². The minimum absolute atomic E-state index is 0.0316. The summed E-state index contributed by atoms with van der Waals surface area (Å²) >= 11 is 0. The van der Waals surface area contributed by atoms with E-state index >= 15 is 0 Å². The van der Waals surface area contributed by atoms with E-state index in [2.05, 4.69) is 5.32 Å². The summed E-state index contributed by atoms with van der Waals surface area (Å²) in [7, 11) is 0. The zero-order valence-electron chi connectivity index (χ0n) is 14.7. The Morgan fingerprint density at radius 3 is 2.24 bits per heavy atom. The molecule has 1 aliphatic carbocycles. The SMILES string of the molecule is O=C(NCc1ccc(F)cc1)C1CCN(C(=O)C2CCCCC2)CC1. The number of halogens is 1. The average Bonchev–Trinajstić information content (AvgIpc) is 2.67. The van der Waals surface area contributed by atoms with Crippen molar-refractivity contribution in [2.45, 2.75) is 51.5 Å². The molecule has 2 amide bonds. The van der Waals surface area contributed by atoms with Gasteiger partial charge in [0.05, 0.1) is 0 Å². The third-order valence-electron chi connectivity index (χ3n) is 5.51. The molecular formula is C20H27FN2O2. The van der Waals surface area contributed by atoms with Crippen molar-refractivity contribution in [1.29, 1.82) is 0 Å². The zero-order valence-corrected chi connectivity index (χ0v) is 14.7. The van der Waals surface area contributed by atoms with Gasteiger partial charge in [-0.05, 0) is 43.4 Å². The van der Waals surface area contributed by atoms with Crippen LogP contribution in [0.15, 0.2) is 24.3 Å². The fourth-order valence-electron chi connectivity index (χ4n) is 3.91. The maximum Gasteiger partial charge on any atom is 0.225 e. The van der Waals surface area contributed by atoms with Gasteiger partial charge in [0.1, 0.15) is 5.82 Å². The predicted octanol–water partition coefficient (Wildman–Crippen LogP) is 3.26. The fourth-order valence-corrected chi connectivity index (χ4v) is 3.91. The summed E-state index contributed by atoms with van der Waals surface area (Å²) in [6, 6.07) is 6.16. The highest BCUT2D eigenvalue weighted by atomic mass is 19.1. The largest absolute Gasteiger partial charge is 0.352 e. The van der Waals surface area contributed by atoms with Gasteiger partial charge in [0.15, 0.2) is 0 Å². The van der Waals surface area contributed by atoms with E-state index in [1.165, 1.54) is 31.4 Å². The molecule has 2 aliphatic rings. The molecule has 1 saturated carbocycles. The van der Waals surface area contributed by atoms with Gasteiger partial charge in [-0.2, -0.15) is 0 Å². The highest BCUT2D eigenvalue weighted by Crippen LogP contribution is 2.27. The molecule has 1 heterocycles. The number of rotatable bonds is 4. The second-order valence-corrected chi connectivity index (χ2v) is 7.28. The van der Waals surface area contributed by atoms with Gasteiger partial charge < -0.3 is 10.2 Å². The van der Waals surface area contributed by atoms with Gasteiger partial charge in [-0.15, -0.1) is 0 Å². The van der Waals surface area contributed by atoms with Crippen LogP contribution in [0.1, 0.15) is 50.5 Å². The standard InChI is InChI=1S/C20H27FN2O2/c21-18-8-6-15(7-9-18)14-22-19(24)16-10-12-23(13-11-16)20(25)17-4-2-1-3-5-17/h6-9,16-17H,1-5,10-14H2,(H,22,24). The number of amides is 2. The molecule has 0 unspecified atom stereocenters. The molecule has 0 aromatic heterocycles. The molecule has 0 bridgehead atoms. The second-order valence-electron chi connectivity index (χ2n) is 7.28. The third kappa shape index (κ3) is 4.80. The lowest BCUT2D eigenvalue weighted by Gasteiger charge is -2.34. The van der Waals surface area contributed by atoms with E-state index in [0.717, 1.165) is 31.2 Å². The van der Waals surface area contributed by atoms with Crippen LogP contribution in [0.3, 0.4) is 0 Å². The van der Waals surface area contributed by atoms with E-state index in [1.54, 1.807) is 12.1 Å². The Balaban J connectivity index is 1.42. The van der Waals surface area contributed by atoms with Gasteiger partial charge in [0.2, 0.25) is 11.8 Å². The van der Waals surface area contributed by atoms with Crippen molar-refractivity contribution < 1.29 is 14.0 Å². The smallest absolute Gasteiger partial charge is 0.225 e. The van der Waals surface area contributed by atoms with Crippen molar-refractivity contribution >= 4 is 11.8 Å². The van der Waals surface area contributed by atoms with E-state index in [1.807, 2.05) is 4.90 Å². The molecule has 1 saturated heterocycles. The van der Waals surface area contributed by atoms with Crippen molar-refractivity contribution in [3.05, 3.63) is 35.6 Å². The Morgan fingerprint density at radius 2 is 1.60 bits per heavy atom. The van der Waals surface area contributed by atoms with E-state index in [4.69, 9.17) is 0 Å². The summed E-state index contributed by atoms with van der Waals surface area (Å²) in [5.41, 5.74) is 0.889. The first-order chi connectivity index (χ1) is 12.1. The summed E-state index contributed by atoms with van der Waals surface area (Å²) in [6.07, 6.45) is 7.09. The van der Waals surface area contributed by atoms with Crippen LogP contribution in [-0.4, -0.2) is 29.8 Å². The molecule has 3 rings (SSSR count). The Hall–Kier alpha value is -1.91. The van der Waals surface area contributed by atoms with Gasteiger partial charge in [-0.3, -0.25) is 9.59 Å². The van der Waals surface area contributed by atoms with Crippen LogP contribution in [0.4, 0.5) is 4.39 Å². The zero-order chi connectivity index (χ0) is 17.6. The quantitative estimate of drug-likeness (QED) is 0.910. The number of nitrogens with zero attached hydrogens (tertiary/aromatic N) is 1. The minimum Gasteiger partial charge on any atom is -0.352 e. The van der Waals surface area contributed by atoms with Crippen LogP contribution >= 0.6 is 0 Å². The Morgan fingerprint density at radius 1 is 0.960 bits per heavy atom.